The smallest absolute Gasteiger partial charge is 0.346 e. The van der Waals surface area contributed by atoms with Gasteiger partial charge in [-0.25, -0.2) is 4.79 Å². The molecule has 88 valence electrons. The van der Waals surface area contributed by atoms with Crippen molar-refractivity contribution in [2.24, 2.45) is 0 Å². The summed E-state index contributed by atoms with van der Waals surface area (Å²) in [5.41, 5.74) is 1.18. The SMILES string of the molecule is O=C(O)c1cc2sc3c(c2c(=O)s1)CCCC3. The highest BCUT2D eigenvalue weighted by Crippen LogP contribution is 2.35. The Morgan fingerprint density at radius 2 is 2.00 bits per heavy atom. The van der Waals surface area contributed by atoms with Crippen LogP contribution in [-0.2, 0) is 12.8 Å². The number of hydrogen-bond acceptors (Lipinski definition) is 4. The Morgan fingerprint density at radius 1 is 1.24 bits per heavy atom. The van der Waals surface area contributed by atoms with Crippen molar-refractivity contribution >= 4 is 38.7 Å². The van der Waals surface area contributed by atoms with Crippen LogP contribution in [-0.4, -0.2) is 11.1 Å². The molecule has 0 spiro atoms. The molecule has 2 heterocycles. The van der Waals surface area contributed by atoms with Crippen LogP contribution in [0.4, 0.5) is 0 Å². The standard InChI is InChI=1S/C12H10O3S2/c13-11(14)9-5-8-10(12(15)17-9)6-3-1-2-4-7(6)16-8/h5H,1-4H2,(H,13,14). The van der Waals surface area contributed by atoms with Crippen LogP contribution in [0.15, 0.2) is 10.9 Å². The van der Waals surface area contributed by atoms with Crippen LogP contribution in [0.1, 0.15) is 33.0 Å². The Hall–Kier alpha value is -1.20. The molecule has 0 aromatic carbocycles. The molecule has 2 aromatic heterocycles. The first-order chi connectivity index (χ1) is 8.16. The van der Waals surface area contributed by atoms with Crippen LogP contribution < -0.4 is 4.74 Å². The molecule has 0 atom stereocenters. The van der Waals surface area contributed by atoms with Gasteiger partial charge in [0.25, 0.3) is 0 Å². The van der Waals surface area contributed by atoms with Crippen LogP contribution in [0.3, 0.4) is 0 Å². The number of hydrogen-bond donors (Lipinski definition) is 1. The van der Waals surface area contributed by atoms with Gasteiger partial charge in [-0.3, -0.25) is 4.79 Å². The second-order valence-corrected chi connectivity index (χ2v) is 6.30. The van der Waals surface area contributed by atoms with Gasteiger partial charge in [-0.05, 0) is 37.3 Å². The van der Waals surface area contributed by atoms with Crippen molar-refractivity contribution < 1.29 is 9.90 Å². The van der Waals surface area contributed by atoms with Gasteiger partial charge >= 0.3 is 5.97 Å². The predicted octanol–water partition coefficient (Wildman–Crippen LogP) is 2.90. The van der Waals surface area contributed by atoms with E-state index in [0.717, 1.165) is 40.7 Å². The Bertz CT molecular complexity index is 666. The Labute approximate surface area is 105 Å². The maximum absolute atomic E-state index is 12.0. The summed E-state index contributed by atoms with van der Waals surface area (Å²) < 4.78 is 0.748. The third kappa shape index (κ3) is 1.70. The van der Waals surface area contributed by atoms with E-state index in [-0.39, 0.29) is 9.62 Å². The topological polar surface area (TPSA) is 54.4 Å². The zero-order valence-corrected chi connectivity index (χ0v) is 10.6. The van der Waals surface area contributed by atoms with Gasteiger partial charge in [0.1, 0.15) is 4.88 Å². The monoisotopic (exact) mass is 266 g/mol. The van der Waals surface area contributed by atoms with Crippen molar-refractivity contribution in [3.8, 4) is 0 Å². The lowest BCUT2D eigenvalue weighted by Gasteiger charge is -2.09. The van der Waals surface area contributed by atoms with Crippen LogP contribution in [0.25, 0.3) is 10.1 Å². The quantitative estimate of drug-likeness (QED) is 0.863. The van der Waals surface area contributed by atoms with Crippen LogP contribution in [0, 0.1) is 0 Å². The molecule has 0 amide bonds. The van der Waals surface area contributed by atoms with Crippen molar-refractivity contribution in [1.29, 1.82) is 0 Å². The molecule has 0 saturated carbocycles. The van der Waals surface area contributed by atoms with Crippen molar-refractivity contribution in [2.75, 3.05) is 0 Å². The molecule has 2 aromatic rings. The number of fused-ring (bicyclic) bond motifs is 3. The number of carbonyl (C=O) groups is 1. The van der Waals surface area contributed by atoms with Gasteiger partial charge in [0, 0.05) is 9.58 Å². The first-order valence-corrected chi connectivity index (χ1v) is 7.12. The van der Waals surface area contributed by atoms with E-state index in [1.807, 2.05) is 0 Å². The summed E-state index contributed by atoms with van der Waals surface area (Å²) in [5, 5.41) is 9.73. The molecule has 0 saturated heterocycles. The number of aryl methyl sites for hydroxylation is 2. The number of carboxylic acids is 1. The molecule has 5 heteroatoms. The fourth-order valence-electron chi connectivity index (χ4n) is 2.32. The fourth-order valence-corrected chi connectivity index (χ4v) is 4.59. The van der Waals surface area contributed by atoms with E-state index < -0.39 is 5.97 Å². The van der Waals surface area contributed by atoms with E-state index in [9.17, 15) is 9.59 Å². The summed E-state index contributed by atoms with van der Waals surface area (Å²) in [6.07, 6.45) is 4.29. The highest BCUT2D eigenvalue weighted by molar-refractivity contribution is 7.20. The Kier molecular flexibility index (Phi) is 2.52. The summed E-state index contributed by atoms with van der Waals surface area (Å²) in [6, 6.07) is 1.65. The molecule has 0 aliphatic heterocycles. The third-order valence-corrected chi connectivity index (χ3v) is 5.22. The van der Waals surface area contributed by atoms with Gasteiger partial charge in [0.2, 0.25) is 4.74 Å². The second kappa shape index (κ2) is 3.92. The number of carboxylic acid groups (broad SMARTS) is 1. The molecular formula is C12H10O3S2. The average molecular weight is 266 g/mol. The van der Waals surface area contributed by atoms with Crippen LogP contribution >= 0.6 is 22.7 Å². The van der Waals surface area contributed by atoms with Crippen molar-refractivity contribution in [2.45, 2.75) is 25.7 Å². The molecule has 0 fully saturated rings. The van der Waals surface area contributed by atoms with E-state index in [2.05, 4.69) is 0 Å². The molecule has 3 rings (SSSR count). The molecule has 0 radical (unpaired) electrons. The highest BCUT2D eigenvalue weighted by Gasteiger charge is 2.19. The lowest BCUT2D eigenvalue weighted by Crippen LogP contribution is -2.05. The minimum atomic E-state index is -1.01. The van der Waals surface area contributed by atoms with E-state index >= 15 is 0 Å². The van der Waals surface area contributed by atoms with Gasteiger partial charge in [0.05, 0.1) is 5.39 Å². The molecule has 0 unspecified atom stereocenters. The largest absolute Gasteiger partial charge is 0.477 e. The van der Waals surface area contributed by atoms with Crippen molar-refractivity contribution in [3.05, 3.63) is 30.9 Å². The lowest BCUT2D eigenvalue weighted by molar-refractivity contribution is 0.0702. The molecular weight excluding hydrogens is 256 g/mol. The van der Waals surface area contributed by atoms with Gasteiger partial charge in [-0.2, -0.15) is 0 Å². The predicted molar refractivity (Wildman–Crippen MR) is 69.6 cm³/mol. The number of thiophene rings is 1. The summed E-state index contributed by atoms with van der Waals surface area (Å²) in [6.45, 7) is 0. The highest BCUT2D eigenvalue weighted by atomic mass is 32.1. The van der Waals surface area contributed by atoms with E-state index in [0.29, 0.717) is 0 Å². The first kappa shape index (κ1) is 10.9. The minimum Gasteiger partial charge on any atom is -0.477 e. The maximum Gasteiger partial charge on any atom is 0.346 e. The van der Waals surface area contributed by atoms with E-state index in [1.54, 1.807) is 17.4 Å². The summed E-state index contributed by atoms with van der Waals surface area (Å²) in [7, 11) is 0. The molecule has 1 aliphatic carbocycles. The Balaban J connectivity index is 2.34. The van der Waals surface area contributed by atoms with E-state index in [4.69, 9.17) is 5.11 Å². The van der Waals surface area contributed by atoms with Gasteiger partial charge < -0.3 is 5.11 Å². The van der Waals surface area contributed by atoms with Gasteiger partial charge in [0.15, 0.2) is 0 Å². The molecule has 1 aliphatic rings. The molecule has 0 bridgehead atoms. The molecule has 17 heavy (non-hydrogen) atoms. The van der Waals surface area contributed by atoms with Crippen LogP contribution in [0.2, 0.25) is 0 Å². The zero-order chi connectivity index (χ0) is 12.0. The molecule has 1 N–H and O–H groups in total. The van der Waals surface area contributed by atoms with Crippen molar-refractivity contribution in [3.63, 3.8) is 0 Å². The third-order valence-electron chi connectivity index (χ3n) is 3.08. The average Bonchev–Trinajstić information content (AvgIpc) is 2.67. The lowest BCUT2D eigenvalue weighted by atomic mass is 9.97. The minimum absolute atomic E-state index is 0.0979. The second-order valence-electron chi connectivity index (χ2n) is 4.15. The Morgan fingerprint density at radius 3 is 2.76 bits per heavy atom. The summed E-state index contributed by atoms with van der Waals surface area (Å²) in [5.74, 6) is -1.01. The number of aromatic carboxylic acids is 1. The van der Waals surface area contributed by atoms with Crippen LogP contribution in [0.5, 0.6) is 0 Å². The zero-order valence-electron chi connectivity index (χ0n) is 8.99. The maximum atomic E-state index is 12.0. The van der Waals surface area contributed by atoms with Crippen molar-refractivity contribution in [1.82, 2.24) is 0 Å². The normalized spacial score (nSPS) is 14.8. The molecule has 3 nitrogen and oxygen atoms in total. The van der Waals surface area contributed by atoms with Gasteiger partial charge in [-0.15, -0.1) is 11.3 Å². The summed E-state index contributed by atoms with van der Waals surface area (Å²) >= 11 is 2.43. The summed E-state index contributed by atoms with van der Waals surface area (Å²) in [4.78, 5) is 24.3. The van der Waals surface area contributed by atoms with Gasteiger partial charge in [-0.1, -0.05) is 11.3 Å². The fraction of sp³-hybridized carbons (Fsp3) is 0.333. The first-order valence-electron chi connectivity index (χ1n) is 5.48. The number of rotatable bonds is 1. The van der Waals surface area contributed by atoms with E-state index in [1.165, 1.54) is 16.9 Å².